The summed E-state index contributed by atoms with van der Waals surface area (Å²) in [6.45, 7) is 0. The molecule has 0 radical (unpaired) electrons. The van der Waals surface area contributed by atoms with Gasteiger partial charge >= 0.3 is 0 Å². The van der Waals surface area contributed by atoms with Crippen LogP contribution in [0.5, 0.6) is 0 Å². The first-order valence-electron chi connectivity index (χ1n) is 3.63. The van der Waals surface area contributed by atoms with Crippen LogP contribution in [0.2, 0.25) is 0 Å². The molecule has 1 heterocycles. The minimum atomic E-state index is -0.115. The lowest BCUT2D eigenvalue weighted by atomic mass is 10.3. The number of anilines is 1. The fraction of sp³-hybridized carbons (Fsp3) is 0.250. The Bertz CT molecular complexity index is 342. The number of carbonyl (C=O) groups is 1. The van der Waals surface area contributed by atoms with Crippen LogP contribution in [-0.2, 0) is 4.79 Å². The molecule has 0 unspecified atom stereocenters. The van der Waals surface area contributed by atoms with E-state index in [-0.39, 0.29) is 18.7 Å². The second kappa shape index (κ2) is 5.00. The molecule has 0 spiro atoms. The van der Waals surface area contributed by atoms with Crippen molar-refractivity contribution in [1.82, 2.24) is 0 Å². The summed E-state index contributed by atoms with van der Waals surface area (Å²) >= 11 is 4.73. The van der Waals surface area contributed by atoms with E-state index in [0.717, 1.165) is 9.47 Å². The van der Waals surface area contributed by atoms with E-state index in [1.54, 1.807) is 0 Å². The van der Waals surface area contributed by atoms with Crippen molar-refractivity contribution in [2.75, 3.05) is 5.32 Å². The maximum atomic E-state index is 11.1. The highest BCUT2D eigenvalue weighted by Crippen LogP contribution is 2.24. The molecule has 68 valence electrons. The Kier molecular flexibility index (Phi) is 3.93. The Morgan fingerprint density at radius 2 is 2.54 bits per heavy atom. The molecule has 1 amide bonds. The van der Waals surface area contributed by atoms with Crippen LogP contribution in [0.15, 0.2) is 15.9 Å². The first-order valence-corrected chi connectivity index (χ1v) is 5.30. The van der Waals surface area contributed by atoms with E-state index in [4.69, 9.17) is 5.26 Å². The van der Waals surface area contributed by atoms with Crippen molar-refractivity contribution >= 4 is 38.2 Å². The van der Waals surface area contributed by atoms with E-state index < -0.39 is 0 Å². The van der Waals surface area contributed by atoms with E-state index in [9.17, 15) is 4.79 Å². The number of halogens is 1. The van der Waals surface area contributed by atoms with Crippen molar-refractivity contribution in [3.05, 3.63) is 15.9 Å². The maximum Gasteiger partial charge on any atom is 0.226 e. The predicted molar refractivity (Wildman–Crippen MR) is 55.5 cm³/mol. The quantitative estimate of drug-likeness (QED) is 0.907. The van der Waals surface area contributed by atoms with Gasteiger partial charge in [0.1, 0.15) is 0 Å². The minimum absolute atomic E-state index is 0.115. The third-order valence-corrected chi connectivity index (χ3v) is 2.90. The van der Waals surface area contributed by atoms with Gasteiger partial charge in [0.2, 0.25) is 5.91 Å². The maximum absolute atomic E-state index is 11.1. The van der Waals surface area contributed by atoms with E-state index in [2.05, 4.69) is 21.2 Å². The van der Waals surface area contributed by atoms with Crippen molar-refractivity contribution in [1.29, 1.82) is 5.26 Å². The van der Waals surface area contributed by atoms with Gasteiger partial charge in [0.15, 0.2) is 0 Å². The van der Waals surface area contributed by atoms with Crippen LogP contribution in [-0.4, -0.2) is 5.91 Å². The average Bonchev–Trinajstić information content (AvgIpc) is 2.48. The Balaban J connectivity index is 2.41. The number of rotatable bonds is 3. The summed E-state index contributed by atoms with van der Waals surface area (Å²) in [6, 6.07) is 3.75. The molecule has 1 rings (SSSR count). The van der Waals surface area contributed by atoms with Gasteiger partial charge in [-0.1, -0.05) is 0 Å². The zero-order chi connectivity index (χ0) is 9.68. The average molecular weight is 259 g/mol. The topological polar surface area (TPSA) is 52.9 Å². The molecular formula is C8H7BrN2OS. The molecule has 3 nitrogen and oxygen atoms in total. The van der Waals surface area contributed by atoms with Crippen molar-refractivity contribution < 1.29 is 4.79 Å². The number of hydrogen-bond donors (Lipinski definition) is 1. The van der Waals surface area contributed by atoms with Crippen molar-refractivity contribution in [3.8, 4) is 6.07 Å². The van der Waals surface area contributed by atoms with Gasteiger partial charge in [-0.2, -0.15) is 5.26 Å². The number of nitrogens with zero attached hydrogens (tertiary/aromatic N) is 1. The lowest BCUT2D eigenvalue weighted by Gasteiger charge is -1.97. The van der Waals surface area contributed by atoms with Crippen molar-refractivity contribution in [3.63, 3.8) is 0 Å². The Morgan fingerprint density at radius 1 is 1.77 bits per heavy atom. The standard InChI is InChI=1S/C8H7BrN2OS/c9-6-4-8(13-5-6)11-7(12)2-1-3-10/h4-5H,1-2H2,(H,11,12). The molecule has 5 heteroatoms. The molecule has 13 heavy (non-hydrogen) atoms. The monoisotopic (exact) mass is 258 g/mol. The first kappa shape index (κ1) is 10.2. The molecule has 0 fully saturated rings. The van der Waals surface area contributed by atoms with Crippen LogP contribution in [0.3, 0.4) is 0 Å². The molecule has 1 N–H and O–H groups in total. The van der Waals surface area contributed by atoms with Gasteiger partial charge in [-0.15, -0.1) is 11.3 Å². The third-order valence-electron chi connectivity index (χ3n) is 1.29. The van der Waals surface area contributed by atoms with E-state index in [0.29, 0.717) is 0 Å². The molecule has 0 aliphatic carbocycles. The normalized spacial score (nSPS) is 9.23. The van der Waals surface area contributed by atoms with Crippen LogP contribution in [0, 0.1) is 11.3 Å². The zero-order valence-electron chi connectivity index (χ0n) is 6.71. The highest BCUT2D eigenvalue weighted by molar-refractivity contribution is 9.10. The van der Waals surface area contributed by atoms with Crippen molar-refractivity contribution in [2.24, 2.45) is 0 Å². The molecule has 0 aliphatic rings. The number of amides is 1. The van der Waals surface area contributed by atoms with Gasteiger partial charge in [0.05, 0.1) is 11.1 Å². The largest absolute Gasteiger partial charge is 0.318 e. The fourth-order valence-corrected chi connectivity index (χ4v) is 2.08. The number of hydrogen-bond acceptors (Lipinski definition) is 3. The molecular weight excluding hydrogens is 252 g/mol. The van der Waals surface area contributed by atoms with E-state index in [1.807, 2.05) is 17.5 Å². The van der Waals surface area contributed by atoms with Gasteiger partial charge in [0.25, 0.3) is 0 Å². The Labute approximate surface area is 88.5 Å². The van der Waals surface area contributed by atoms with Gasteiger partial charge in [0, 0.05) is 22.7 Å². The summed E-state index contributed by atoms with van der Waals surface area (Å²) in [6.07, 6.45) is 0.518. The van der Waals surface area contributed by atoms with E-state index >= 15 is 0 Å². The molecule has 0 saturated heterocycles. The highest BCUT2D eigenvalue weighted by Gasteiger charge is 2.03. The van der Waals surface area contributed by atoms with E-state index in [1.165, 1.54) is 11.3 Å². The number of nitriles is 1. The molecule has 0 aromatic carbocycles. The lowest BCUT2D eigenvalue weighted by Crippen LogP contribution is -2.09. The summed E-state index contributed by atoms with van der Waals surface area (Å²) in [4.78, 5) is 11.1. The summed E-state index contributed by atoms with van der Waals surface area (Å²) < 4.78 is 0.952. The summed E-state index contributed by atoms with van der Waals surface area (Å²) in [5, 5.41) is 13.6. The number of nitrogens with one attached hydrogen (secondary N) is 1. The summed E-state index contributed by atoms with van der Waals surface area (Å²) in [7, 11) is 0. The third kappa shape index (κ3) is 3.57. The summed E-state index contributed by atoms with van der Waals surface area (Å²) in [5.41, 5.74) is 0. The second-order valence-corrected chi connectivity index (χ2v) is 4.16. The zero-order valence-corrected chi connectivity index (χ0v) is 9.11. The van der Waals surface area contributed by atoms with Crippen LogP contribution < -0.4 is 5.32 Å². The van der Waals surface area contributed by atoms with Gasteiger partial charge in [-0.3, -0.25) is 4.79 Å². The molecule has 0 atom stereocenters. The van der Waals surface area contributed by atoms with Crippen LogP contribution in [0.4, 0.5) is 5.00 Å². The summed E-state index contributed by atoms with van der Waals surface area (Å²) in [5.74, 6) is -0.115. The highest BCUT2D eigenvalue weighted by atomic mass is 79.9. The molecule has 0 bridgehead atoms. The minimum Gasteiger partial charge on any atom is -0.318 e. The number of carbonyl (C=O) groups excluding carboxylic acids is 1. The van der Waals surface area contributed by atoms with Gasteiger partial charge < -0.3 is 5.32 Å². The molecule has 1 aromatic rings. The van der Waals surface area contributed by atoms with Gasteiger partial charge in [-0.05, 0) is 22.0 Å². The van der Waals surface area contributed by atoms with Crippen molar-refractivity contribution in [2.45, 2.75) is 12.8 Å². The lowest BCUT2D eigenvalue weighted by molar-refractivity contribution is -0.116. The number of thiophene rings is 1. The SMILES string of the molecule is N#CCCC(=O)Nc1cc(Br)cs1. The van der Waals surface area contributed by atoms with Crippen LogP contribution in [0.1, 0.15) is 12.8 Å². The first-order chi connectivity index (χ1) is 6.22. The second-order valence-electron chi connectivity index (χ2n) is 2.34. The van der Waals surface area contributed by atoms with Crippen LogP contribution in [0.25, 0.3) is 0 Å². The smallest absolute Gasteiger partial charge is 0.226 e. The molecule has 0 saturated carbocycles. The Morgan fingerprint density at radius 3 is 3.08 bits per heavy atom. The fourth-order valence-electron chi connectivity index (χ4n) is 0.748. The Hall–Kier alpha value is -0.860. The molecule has 1 aromatic heterocycles. The van der Waals surface area contributed by atoms with Gasteiger partial charge in [-0.25, -0.2) is 0 Å². The predicted octanol–water partition coefficient (Wildman–Crippen LogP) is 2.75. The van der Waals surface area contributed by atoms with Crippen LogP contribution >= 0.6 is 27.3 Å². The molecule has 0 aliphatic heterocycles.